The molecule has 0 bridgehead atoms. The molecule has 0 unspecified atom stereocenters. The van der Waals surface area contributed by atoms with Crippen molar-refractivity contribution < 1.29 is 76.1 Å². The minimum absolute atomic E-state index is 0.0143. The predicted molar refractivity (Wildman–Crippen MR) is 165 cm³/mol. The van der Waals surface area contributed by atoms with Gasteiger partial charge in [0, 0.05) is 0 Å². The van der Waals surface area contributed by atoms with Gasteiger partial charge in [0.2, 0.25) is 0 Å². The van der Waals surface area contributed by atoms with Crippen LogP contribution >= 0.6 is 0 Å². The second-order valence-corrected chi connectivity index (χ2v) is 12.9. The highest BCUT2D eigenvalue weighted by molar-refractivity contribution is 5.77. The normalized spacial score (nSPS) is 13.5. The number of hydrogen-bond donors (Lipinski definition) is 0. The molecule has 304 valence electrons. The van der Waals surface area contributed by atoms with E-state index in [1.165, 1.54) is 89.9 Å². The third kappa shape index (κ3) is 16.7. The smallest absolute Gasteiger partial charge is 0.460 e. The average molecular weight is 773 g/mol. The number of esters is 2. The van der Waals surface area contributed by atoms with E-state index < -0.39 is 73.6 Å². The summed E-state index contributed by atoms with van der Waals surface area (Å²) in [4.78, 5) is 23.3. The van der Waals surface area contributed by atoms with Crippen LogP contribution < -0.4 is 0 Å². The van der Waals surface area contributed by atoms with Gasteiger partial charge in [-0.05, 0) is 6.42 Å². The molecule has 0 aromatic rings. The summed E-state index contributed by atoms with van der Waals surface area (Å²) < 4.78 is 179. The Morgan fingerprint density at radius 1 is 0.392 bits per heavy atom. The molecule has 51 heavy (non-hydrogen) atoms. The highest BCUT2D eigenvalue weighted by Gasteiger charge is 2.90. The summed E-state index contributed by atoms with van der Waals surface area (Å²) in [5, 5.41) is 0. The van der Waals surface area contributed by atoms with Gasteiger partial charge in [-0.15, -0.1) is 0 Å². The summed E-state index contributed by atoms with van der Waals surface area (Å²) in [6, 6.07) is 0. The number of carbonyl (C=O) groups is 2. The fraction of sp³-hybridized carbons (Fsp3) is 0.941. The lowest BCUT2D eigenvalue weighted by molar-refractivity contribution is -0.440. The van der Waals surface area contributed by atoms with Gasteiger partial charge in [-0.2, -0.15) is 57.1 Å². The van der Waals surface area contributed by atoms with Crippen LogP contribution in [0.2, 0.25) is 0 Å². The van der Waals surface area contributed by atoms with E-state index in [4.69, 9.17) is 4.74 Å². The molecule has 4 nitrogen and oxygen atoms in total. The van der Waals surface area contributed by atoms with Crippen LogP contribution in [0.3, 0.4) is 0 Å². The lowest BCUT2D eigenvalue weighted by Gasteiger charge is -2.39. The van der Waals surface area contributed by atoms with Crippen molar-refractivity contribution in [1.29, 1.82) is 0 Å². The first-order valence-corrected chi connectivity index (χ1v) is 17.9. The van der Waals surface area contributed by atoms with Crippen molar-refractivity contribution in [1.82, 2.24) is 0 Å². The van der Waals surface area contributed by atoms with Crippen LogP contribution in [0.5, 0.6) is 0 Å². The number of halogens is 13. The second kappa shape index (κ2) is 23.6. The highest BCUT2D eigenvalue weighted by Crippen LogP contribution is 2.60. The zero-order valence-corrected chi connectivity index (χ0v) is 29.2. The standard InChI is InChI=1S/C34H53F13O4/c1-2-3-4-5-6-7-8-9-10-11-12-13-14-15-16-17-18-19-20-21-25-50-27(48)22-23-28(49)51-26-24-29(35,36)30(37,38)31(39,40)32(41,42)33(43,44)34(45,46)47/h2-26H2,1H3. The first kappa shape index (κ1) is 49.0. The Bertz CT molecular complexity index is 957. The van der Waals surface area contributed by atoms with Gasteiger partial charge in [0.1, 0.15) is 0 Å². The van der Waals surface area contributed by atoms with Crippen molar-refractivity contribution in [3.8, 4) is 0 Å². The summed E-state index contributed by atoms with van der Waals surface area (Å²) in [5.41, 5.74) is 0. The van der Waals surface area contributed by atoms with Crippen molar-refractivity contribution >= 4 is 11.9 Å². The van der Waals surface area contributed by atoms with Gasteiger partial charge in [0.15, 0.2) is 0 Å². The molecule has 0 amide bonds. The number of hydrogen-bond acceptors (Lipinski definition) is 4. The van der Waals surface area contributed by atoms with Gasteiger partial charge in [0.25, 0.3) is 0 Å². The first-order chi connectivity index (χ1) is 23.6. The third-order valence-electron chi connectivity index (χ3n) is 8.47. The van der Waals surface area contributed by atoms with Crippen LogP contribution in [0, 0.1) is 0 Å². The first-order valence-electron chi connectivity index (χ1n) is 17.9. The van der Waals surface area contributed by atoms with Gasteiger partial charge >= 0.3 is 47.7 Å². The Morgan fingerprint density at radius 2 is 0.686 bits per heavy atom. The molecule has 0 fully saturated rings. The molecule has 0 rings (SSSR count). The molecule has 0 aliphatic carbocycles. The van der Waals surface area contributed by atoms with Gasteiger partial charge in [-0.3, -0.25) is 9.59 Å². The van der Waals surface area contributed by atoms with Crippen molar-refractivity contribution in [3.63, 3.8) is 0 Å². The van der Waals surface area contributed by atoms with E-state index in [0.29, 0.717) is 6.42 Å². The molecule has 0 radical (unpaired) electrons. The van der Waals surface area contributed by atoms with E-state index in [1.54, 1.807) is 0 Å². The molecule has 0 aromatic carbocycles. The number of alkyl halides is 13. The molecule has 17 heteroatoms. The summed E-state index contributed by atoms with van der Waals surface area (Å²) in [6.45, 7) is 0.384. The molecule has 0 spiro atoms. The molecular formula is C34H53F13O4. The minimum atomic E-state index is -7.99. The molecule has 0 atom stereocenters. The molecule has 0 aliphatic rings. The predicted octanol–water partition coefficient (Wildman–Crippen LogP) is 12.8. The van der Waals surface area contributed by atoms with Crippen LogP contribution in [-0.4, -0.2) is 60.9 Å². The largest absolute Gasteiger partial charge is 0.466 e. The summed E-state index contributed by atoms with van der Waals surface area (Å²) in [7, 11) is 0. The molecule has 0 aliphatic heterocycles. The fourth-order valence-electron chi connectivity index (χ4n) is 5.14. The zero-order chi connectivity index (χ0) is 39.2. The van der Waals surface area contributed by atoms with E-state index >= 15 is 0 Å². The fourth-order valence-corrected chi connectivity index (χ4v) is 5.14. The number of carbonyl (C=O) groups excluding carboxylic acids is 2. The molecule has 0 aromatic heterocycles. The topological polar surface area (TPSA) is 52.6 Å². The molecule has 0 N–H and O–H groups in total. The Balaban J connectivity index is 4.02. The molecule has 0 saturated carbocycles. The summed E-state index contributed by atoms with van der Waals surface area (Å²) in [6.07, 6.45) is 12.1. The van der Waals surface area contributed by atoms with Crippen molar-refractivity contribution in [2.45, 2.75) is 190 Å². The Labute approximate surface area is 291 Å². The number of unbranched alkanes of at least 4 members (excludes halogenated alkanes) is 19. The molecular weight excluding hydrogens is 719 g/mol. The SMILES string of the molecule is CCCCCCCCCCCCCCCCCCCCCCOC(=O)CCC(=O)OCCC(F)(F)C(F)(F)C(F)(F)C(F)(F)C(F)(F)C(F)(F)F. The maximum atomic E-state index is 13.7. The van der Waals surface area contributed by atoms with E-state index in [9.17, 15) is 66.7 Å². The lowest BCUT2D eigenvalue weighted by Crippen LogP contribution is -2.70. The summed E-state index contributed by atoms with van der Waals surface area (Å²) >= 11 is 0. The maximum absolute atomic E-state index is 13.7. The van der Waals surface area contributed by atoms with Crippen molar-refractivity contribution in [3.05, 3.63) is 0 Å². The van der Waals surface area contributed by atoms with Gasteiger partial charge < -0.3 is 9.47 Å². The van der Waals surface area contributed by atoms with E-state index in [1.807, 2.05) is 0 Å². The Morgan fingerprint density at radius 3 is 1.02 bits per heavy atom. The van der Waals surface area contributed by atoms with Crippen LogP contribution in [0.1, 0.15) is 155 Å². The van der Waals surface area contributed by atoms with Crippen molar-refractivity contribution in [2.75, 3.05) is 13.2 Å². The van der Waals surface area contributed by atoms with E-state index in [0.717, 1.165) is 32.1 Å². The quantitative estimate of drug-likeness (QED) is 0.0400. The van der Waals surface area contributed by atoms with Gasteiger partial charge in [0.05, 0.1) is 32.5 Å². The van der Waals surface area contributed by atoms with Crippen molar-refractivity contribution in [2.24, 2.45) is 0 Å². The van der Waals surface area contributed by atoms with Crippen LogP contribution in [-0.2, 0) is 19.1 Å². The van der Waals surface area contributed by atoms with Crippen LogP contribution in [0.25, 0.3) is 0 Å². The third-order valence-corrected chi connectivity index (χ3v) is 8.47. The summed E-state index contributed by atoms with van der Waals surface area (Å²) in [5.74, 6) is -39.9. The second-order valence-electron chi connectivity index (χ2n) is 12.9. The Hall–Kier alpha value is -1.97. The molecule has 0 saturated heterocycles. The van der Waals surface area contributed by atoms with E-state index in [2.05, 4.69) is 11.7 Å². The molecule has 0 heterocycles. The van der Waals surface area contributed by atoms with Crippen LogP contribution in [0.4, 0.5) is 57.1 Å². The van der Waals surface area contributed by atoms with E-state index in [-0.39, 0.29) is 6.61 Å². The highest BCUT2D eigenvalue weighted by atomic mass is 19.4. The maximum Gasteiger partial charge on any atom is 0.460 e. The number of ether oxygens (including phenoxy) is 2. The monoisotopic (exact) mass is 772 g/mol. The number of rotatable bonds is 31. The van der Waals surface area contributed by atoms with Crippen LogP contribution in [0.15, 0.2) is 0 Å². The Kier molecular flexibility index (Phi) is 22.7. The van der Waals surface area contributed by atoms with Gasteiger partial charge in [-0.1, -0.05) is 129 Å². The lowest BCUT2D eigenvalue weighted by atomic mass is 9.93. The minimum Gasteiger partial charge on any atom is -0.466 e. The van der Waals surface area contributed by atoms with Gasteiger partial charge in [-0.25, -0.2) is 0 Å². The average Bonchev–Trinajstić information content (AvgIpc) is 3.03. The zero-order valence-electron chi connectivity index (χ0n) is 29.2.